The third kappa shape index (κ3) is 2.49. The maximum atomic E-state index is 12.2. The molecule has 1 saturated heterocycles. The average molecular weight is 282 g/mol. The van der Waals surface area contributed by atoms with Crippen LogP contribution in [0, 0.1) is 5.41 Å². The molecule has 1 aromatic rings. The summed E-state index contributed by atoms with van der Waals surface area (Å²) in [7, 11) is 0. The second-order valence-corrected chi connectivity index (χ2v) is 7.17. The zero-order valence-corrected chi connectivity index (χ0v) is 12.4. The van der Waals surface area contributed by atoms with Crippen LogP contribution in [-0.4, -0.2) is 40.0 Å². The Hall–Kier alpha value is -1.43. The lowest BCUT2D eigenvalue weighted by Gasteiger charge is -2.44. The van der Waals surface area contributed by atoms with E-state index in [0.717, 1.165) is 5.01 Å². The smallest absolute Gasteiger partial charge is 0.312 e. The second kappa shape index (κ2) is 4.30. The van der Waals surface area contributed by atoms with Crippen molar-refractivity contribution in [2.45, 2.75) is 33.1 Å². The molecule has 6 heteroatoms. The Morgan fingerprint density at radius 1 is 1.42 bits per heavy atom. The van der Waals surface area contributed by atoms with Gasteiger partial charge in [0.15, 0.2) is 0 Å². The number of nitrogens with zero attached hydrogens (tertiary/aromatic N) is 2. The molecule has 1 N–H and O–H groups in total. The van der Waals surface area contributed by atoms with Crippen molar-refractivity contribution in [1.82, 2.24) is 9.88 Å². The van der Waals surface area contributed by atoms with Gasteiger partial charge in [-0.3, -0.25) is 9.59 Å². The maximum absolute atomic E-state index is 12.2. The van der Waals surface area contributed by atoms with E-state index in [-0.39, 0.29) is 24.4 Å². The minimum atomic E-state index is -0.856. The van der Waals surface area contributed by atoms with Gasteiger partial charge in [0, 0.05) is 23.9 Å². The number of thiazole rings is 1. The van der Waals surface area contributed by atoms with E-state index in [1.54, 1.807) is 12.3 Å². The van der Waals surface area contributed by atoms with Crippen molar-refractivity contribution in [1.29, 1.82) is 0 Å². The minimum absolute atomic E-state index is 0.0757. The number of carboxylic acids is 1. The lowest BCUT2D eigenvalue weighted by Crippen LogP contribution is -2.60. The number of hydrogen-bond acceptors (Lipinski definition) is 4. The summed E-state index contributed by atoms with van der Waals surface area (Å²) < 4.78 is 0. The Morgan fingerprint density at radius 2 is 2.00 bits per heavy atom. The summed E-state index contributed by atoms with van der Waals surface area (Å²) in [4.78, 5) is 29.0. The highest BCUT2D eigenvalue weighted by Gasteiger charge is 2.47. The highest BCUT2D eigenvalue weighted by Crippen LogP contribution is 2.32. The van der Waals surface area contributed by atoms with Crippen molar-refractivity contribution >= 4 is 23.2 Å². The van der Waals surface area contributed by atoms with Gasteiger partial charge in [-0.05, 0) is 6.92 Å². The van der Waals surface area contributed by atoms with Crippen LogP contribution >= 0.6 is 11.3 Å². The van der Waals surface area contributed by atoms with Crippen LogP contribution < -0.4 is 0 Å². The summed E-state index contributed by atoms with van der Waals surface area (Å²) in [5.74, 6) is -1.03. The van der Waals surface area contributed by atoms with E-state index in [1.807, 2.05) is 20.8 Å². The van der Waals surface area contributed by atoms with Gasteiger partial charge in [-0.25, -0.2) is 4.98 Å². The molecular formula is C13H18N2O3S. The molecular weight excluding hydrogens is 264 g/mol. The lowest BCUT2D eigenvalue weighted by molar-refractivity contribution is -0.155. The molecule has 2 rings (SSSR count). The predicted octanol–water partition coefficient (Wildman–Crippen LogP) is 1.99. The SMILES string of the molecule is CC1(C(=O)O)CN(C(=O)c2csc(C(C)(C)C)n2)C1. The van der Waals surface area contributed by atoms with Crippen molar-refractivity contribution in [2.75, 3.05) is 13.1 Å². The molecule has 1 aromatic heterocycles. The Kier molecular flexibility index (Phi) is 3.16. The average Bonchev–Trinajstić information content (AvgIpc) is 2.72. The number of carboxylic acid groups (broad SMARTS) is 1. The van der Waals surface area contributed by atoms with Gasteiger partial charge in [-0.1, -0.05) is 20.8 Å². The highest BCUT2D eigenvalue weighted by atomic mass is 32.1. The second-order valence-electron chi connectivity index (χ2n) is 6.31. The Labute approximate surface area is 116 Å². The van der Waals surface area contributed by atoms with Crippen LogP contribution in [0.4, 0.5) is 0 Å². The fourth-order valence-electron chi connectivity index (χ4n) is 1.95. The molecule has 0 aliphatic carbocycles. The van der Waals surface area contributed by atoms with Gasteiger partial charge in [0.25, 0.3) is 5.91 Å². The molecule has 104 valence electrons. The summed E-state index contributed by atoms with van der Waals surface area (Å²) in [6, 6.07) is 0. The van der Waals surface area contributed by atoms with Crippen LogP contribution in [0.25, 0.3) is 0 Å². The minimum Gasteiger partial charge on any atom is -0.481 e. The number of aliphatic carboxylic acids is 1. The zero-order valence-electron chi connectivity index (χ0n) is 11.6. The van der Waals surface area contributed by atoms with Crippen molar-refractivity contribution in [3.05, 3.63) is 16.1 Å². The number of likely N-dealkylation sites (tertiary alicyclic amines) is 1. The van der Waals surface area contributed by atoms with E-state index in [0.29, 0.717) is 5.69 Å². The molecule has 0 spiro atoms. The van der Waals surface area contributed by atoms with Crippen molar-refractivity contribution in [3.8, 4) is 0 Å². The largest absolute Gasteiger partial charge is 0.481 e. The lowest BCUT2D eigenvalue weighted by atomic mass is 9.82. The number of aromatic nitrogens is 1. The molecule has 0 bridgehead atoms. The fourth-order valence-corrected chi connectivity index (χ4v) is 2.83. The van der Waals surface area contributed by atoms with E-state index in [4.69, 9.17) is 5.11 Å². The third-order valence-electron chi connectivity index (χ3n) is 3.25. The predicted molar refractivity (Wildman–Crippen MR) is 72.5 cm³/mol. The molecule has 5 nitrogen and oxygen atoms in total. The summed E-state index contributed by atoms with van der Waals surface area (Å²) in [5, 5.41) is 11.7. The Morgan fingerprint density at radius 3 is 2.42 bits per heavy atom. The number of carbonyl (C=O) groups is 2. The van der Waals surface area contributed by atoms with Gasteiger partial charge in [0.2, 0.25) is 0 Å². The first-order chi connectivity index (χ1) is 8.63. The molecule has 0 aromatic carbocycles. The molecule has 19 heavy (non-hydrogen) atoms. The first kappa shape index (κ1) is 14.0. The van der Waals surface area contributed by atoms with Crippen molar-refractivity contribution in [2.24, 2.45) is 5.41 Å². The maximum Gasteiger partial charge on any atom is 0.312 e. The molecule has 1 fully saturated rings. The van der Waals surface area contributed by atoms with Crippen molar-refractivity contribution < 1.29 is 14.7 Å². The summed E-state index contributed by atoms with van der Waals surface area (Å²) in [6.45, 7) is 8.30. The summed E-state index contributed by atoms with van der Waals surface area (Å²) in [6.07, 6.45) is 0. The van der Waals surface area contributed by atoms with Gasteiger partial charge in [0.05, 0.1) is 5.01 Å². The summed E-state index contributed by atoms with van der Waals surface area (Å²) >= 11 is 1.47. The van der Waals surface area contributed by atoms with Gasteiger partial charge in [-0.15, -0.1) is 11.3 Å². The van der Waals surface area contributed by atoms with E-state index >= 15 is 0 Å². The number of hydrogen-bond donors (Lipinski definition) is 1. The molecule has 0 radical (unpaired) electrons. The standard InChI is InChI=1S/C13H18N2O3S/c1-12(2,3)10-14-8(5-19-10)9(16)15-6-13(4,7-15)11(17)18/h5H,6-7H2,1-4H3,(H,17,18). The molecule has 1 aliphatic rings. The van der Waals surface area contributed by atoms with Gasteiger partial charge in [0.1, 0.15) is 11.1 Å². The van der Waals surface area contributed by atoms with Crippen LogP contribution in [0.1, 0.15) is 43.2 Å². The van der Waals surface area contributed by atoms with Gasteiger partial charge < -0.3 is 10.0 Å². The van der Waals surface area contributed by atoms with E-state index in [2.05, 4.69) is 4.98 Å². The topological polar surface area (TPSA) is 70.5 Å². The zero-order chi connectivity index (χ0) is 14.4. The molecule has 1 amide bonds. The Balaban J connectivity index is 2.07. The normalized spacial score (nSPS) is 18.0. The van der Waals surface area contributed by atoms with Crippen LogP contribution in [-0.2, 0) is 10.2 Å². The van der Waals surface area contributed by atoms with E-state index in [1.165, 1.54) is 16.2 Å². The molecule has 2 heterocycles. The van der Waals surface area contributed by atoms with Crippen LogP contribution in [0.3, 0.4) is 0 Å². The fraction of sp³-hybridized carbons (Fsp3) is 0.615. The first-order valence-electron chi connectivity index (χ1n) is 6.12. The van der Waals surface area contributed by atoms with Crippen LogP contribution in [0.2, 0.25) is 0 Å². The van der Waals surface area contributed by atoms with Crippen LogP contribution in [0.5, 0.6) is 0 Å². The van der Waals surface area contributed by atoms with Crippen LogP contribution in [0.15, 0.2) is 5.38 Å². The monoisotopic (exact) mass is 282 g/mol. The molecule has 0 atom stereocenters. The third-order valence-corrected chi connectivity index (χ3v) is 4.52. The van der Waals surface area contributed by atoms with E-state index in [9.17, 15) is 9.59 Å². The molecule has 1 aliphatic heterocycles. The molecule has 0 saturated carbocycles. The number of carbonyl (C=O) groups excluding carboxylic acids is 1. The van der Waals surface area contributed by atoms with Gasteiger partial charge >= 0.3 is 5.97 Å². The molecule has 0 unspecified atom stereocenters. The first-order valence-corrected chi connectivity index (χ1v) is 7.00. The Bertz CT molecular complexity index is 524. The highest BCUT2D eigenvalue weighted by molar-refractivity contribution is 7.10. The number of rotatable bonds is 2. The van der Waals surface area contributed by atoms with E-state index < -0.39 is 11.4 Å². The van der Waals surface area contributed by atoms with Gasteiger partial charge in [-0.2, -0.15) is 0 Å². The van der Waals surface area contributed by atoms with Crippen molar-refractivity contribution in [3.63, 3.8) is 0 Å². The number of amides is 1. The summed E-state index contributed by atoms with van der Waals surface area (Å²) in [5.41, 5.74) is -0.464. The quantitative estimate of drug-likeness (QED) is 0.900.